The molecule has 1 unspecified atom stereocenters. The maximum absolute atomic E-state index is 12.1. The van der Waals surface area contributed by atoms with Crippen LogP contribution in [0.25, 0.3) is 0 Å². The van der Waals surface area contributed by atoms with Crippen LogP contribution in [-0.4, -0.2) is 17.6 Å². The van der Waals surface area contributed by atoms with Crippen molar-refractivity contribution in [3.8, 4) is 11.8 Å². The molecule has 2 aromatic rings. The van der Waals surface area contributed by atoms with Crippen LogP contribution in [0.15, 0.2) is 54.6 Å². The molecule has 0 aromatic heterocycles. The van der Waals surface area contributed by atoms with E-state index in [1.165, 1.54) is 0 Å². The van der Waals surface area contributed by atoms with E-state index in [4.69, 9.17) is 10.00 Å². The molecule has 0 aliphatic rings. The number of aliphatic hydroxyl groups excluding tert-OH is 1. The molecular weight excluding hydrogens is 268 g/mol. The van der Waals surface area contributed by atoms with Crippen molar-refractivity contribution >= 4 is 11.6 Å². The van der Waals surface area contributed by atoms with E-state index in [1.54, 1.807) is 54.6 Å². The summed E-state index contributed by atoms with van der Waals surface area (Å²) in [7, 11) is 0. The van der Waals surface area contributed by atoms with Crippen LogP contribution in [0.2, 0.25) is 0 Å². The second kappa shape index (κ2) is 7.08. The van der Waals surface area contributed by atoms with Gasteiger partial charge in [-0.15, -0.1) is 0 Å². The summed E-state index contributed by atoms with van der Waals surface area (Å²) in [5, 5.41) is 21.1. The molecule has 1 amide bonds. The minimum absolute atomic E-state index is 0.117. The normalized spacial score (nSPS) is 11.2. The number of hydrogen-bond donors (Lipinski definition) is 2. The first-order chi connectivity index (χ1) is 10.2. The number of benzene rings is 2. The van der Waals surface area contributed by atoms with E-state index in [1.807, 2.05) is 6.07 Å². The van der Waals surface area contributed by atoms with Crippen molar-refractivity contribution in [2.75, 3.05) is 11.9 Å². The lowest BCUT2D eigenvalue weighted by atomic mass is 10.1. The van der Waals surface area contributed by atoms with Crippen LogP contribution in [0.4, 0.5) is 5.69 Å². The number of amides is 1. The molecule has 5 heteroatoms. The van der Waals surface area contributed by atoms with Gasteiger partial charge < -0.3 is 15.2 Å². The van der Waals surface area contributed by atoms with Crippen molar-refractivity contribution in [2.45, 2.75) is 6.10 Å². The first-order valence-corrected chi connectivity index (χ1v) is 6.35. The van der Waals surface area contributed by atoms with E-state index < -0.39 is 12.0 Å². The summed E-state index contributed by atoms with van der Waals surface area (Å²) in [5.41, 5.74) is 0.915. The van der Waals surface area contributed by atoms with Crippen molar-refractivity contribution < 1.29 is 14.6 Å². The summed E-state index contributed by atoms with van der Waals surface area (Å²) in [4.78, 5) is 12.1. The predicted molar refractivity (Wildman–Crippen MR) is 77.6 cm³/mol. The minimum atomic E-state index is -1.27. The van der Waals surface area contributed by atoms with E-state index in [0.29, 0.717) is 17.0 Å². The van der Waals surface area contributed by atoms with E-state index >= 15 is 0 Å². The fourth-order valence-electron chi connectivity index (χ4n) is 1.79. The van der Waals surface area contributed by atoms with Crippen molar-refractivity contribution in [1.82, 2.24) is 0 Å². The van der Waals surface area contributed by atoms with Gasteiger partial charge in [0, 0.05) is 0 Å². The fourth-order valence-corrected chi connectivity index (χ4v) is 1.79. The average Bonchev–Trinajstić information content (AvgIpc) is 2.54. The summed E-state index contributed by atoms with van der Waals surface area (Å²) in [6.07, 6.45) is -1.27. The van der Waals surface area contributed by atoms with Crippen molar-refractivity contribution in [2.24, 2.45) is 0 Å². The summed E-state index contributed by atoms with van der Waals surface area (Å²) >= 11 is 0. The number of carbonyl (C=O) groups excluding carboxylic acids is 1. The monoisotopic (exact) mass is 282 g/mol. The molecule has 5 nitrogen and oxygen atoms in total. The van der Waals surface area contributed by atoms with Crippen LogP contribution in [-0.2, 0) is 4.79 Å². The van der Waals surface area contributed by atoms with Crippen LogP contribution < -0.4 is 10.1 Å². The zero-order valence-corrected chi connectivity index (χ0v) is 11.2. The van der Waals surface area contributed by atoms with Crippen LogP contribution in [0.1, 0.15) is 11.7 Å². The Morgan fingerprint density at radius 3 is 2.57 bits per heavy atom. The number of hydrogen-bond acceptors (Lipinski definition) is 4. The highest BCUT2D eigenvalue weighted by Crippen LogP contribution is 2.25. The first kappa shape index (κ1) is 14.6. The number of para-hydroxylation sites is 2. The highest BCUT2D eigenvalue weighted by atomic mass is 16.5. The van der Waals surface area contributed by atoms with Gasteiger partial charge in [-0.05, 0) is 17.7 Å². The largest absolute Gasteiger partial charge is 0.477 e. The number of nitriles is 1. The second-order valence-corrected chi connectivity index (χ2v) is 4.25. The van der Waals surface area contributed by atoms with E-state index in [9.17, 15) is 9.90 Å². The number of ether oxygens (including phenoxy) is 1. The van der Waals surface area contributed by atoms with E-state index in [-0.39, 0.29) is 6.61 Å². The third kappa shape index (κ3) is 3.81. The molecule has 0 fully saturated rings. The summed E-state index contributed by atoms with van der Waals surface area (Å²) in [6, 6.07) is 17.2. The second-order valence-electron chi connectivity index (χ2n) is 4.25. The molecule has 106 valence electrons. The first-order valence-electron chi connectivity index (χ1n) is 6.35. The molecule has 0 saturated heterocycles. The summed E-state index contributed by atoms with van der Waals surface area (Å²) in [6.45, 7) is -0.117. The van der Waals surface area contributed by atoms with E-state index in [0.717, 1.165) is 0 Å². The molecular formula is C16H14N2O3. The van der Waals surface area contributed by atoms with Gasteiger partial charge in [-0.25, -0.2) is 0 Å². The van der Waals surface area contributed by atoms with Gasteiger partial charge in [0.2, 0.25) is 0 Å². The van der Waals surface area contributed by atoms with Gasteiger partial charge in [-0.1, -0.05) is 42.5 Å². The number of anilines is 1. The topological polar surface area (TPSA) is 82.3 Å². The van der Waals surface area contributed by atoms with Gasteiger partial charge in [0.05, 0.1) is 5.69 Å². The van der Waals surface area contributed by atoms with Crippen LogP contribution in [0.3, 0.4) is 0 Å². The molecule has 0 radical (unpaired) electrons. The Morgan fingerprint density at radius 1 is 1.19 bits per heavy atom. The fraction of sp³-hybridized carbons (Fsp3) is 0.125. The molecule has 0 aliphatic heterocycles. The van der Waals surface area contributed by atoms with Crippen LogP contribution in [0, 0.1) is 11.3 Å². The minimum Gasteiger partial charge on any atom is -0.477 e. The highest BCUT2D eigenvalue weighted by molar-refractivity contribution is 5.95. The molecule has 0 spiro atoms. The summed E-state index contributed by atoms with van der Waals surface area (Å²) < 4.78 is 5.22. The van der Waals surface area contributed by atoms with Crippen LogP contribution in [0.5, 0.6) is 5.75 Å². The van der Waals surface area contributed by atoms with Crippen molar-refractivity contribution in [3.63, 3.8) is 0 Å². The lowest BCUT2D eigenvalue weighted by Gasteiger charge is -2.14. The van der Waals surface area contributed by atoms with Gasteiger partial charge in [0.1, 0.15) is 11.8 Å². The maximum Gasteiger partial charge on any atom is 0.257 e. The number of rotatable bonds is 5. The Bertz CT molecular complexity index is 650. The van der Waals surface area contributed by atoms with E-state index in [2.05, 4.69) is 5.32 Å². The standard InChI is InChI=1S/C16H14N2O3/c17-10-11-21-14-9-5-4-8-13(14)18-16(20)15(19)12-6-2-1-3-7-12/h1-9,15,19H,11H2,(H,18,20). The quantitative estimate of drug-likeness (QED) is 0.881. The third-order valence-corrected chi connectivity index (χ3v) is 2.80. The number of aliphatic hydroxyl groups is 1. The van der Waals surface area contributed by atoms with Gasteiger partial charge in [0.25, 0.3) is 5.91 Å². The SMILES string of the molecule is N#CCOc1ccccc1NC(=O)C(O)c1ccccc1. The molecule has 2 N–H and O–H groups in total. The van der Waals surface area contributed by atoms with Crippen LogP contribution >= 0.6 is 0 Å². The molecule has 0 bridgehead atoms. The Morgan fingerprint density at radius 2 is 1.86 bits per heavy atom. The van der Waals surface area contributed by atoms with Gasteiger partial charge in [0.15, 0.2) is 12.7 Å². The Hall–Kier alpha value is -2.84. The lowest BCUT2D eigenvalue weighted by Crippen LogP contribution is -2.21. The average molecular weight is 282 g/mol. The van der Waals surface area contributed by atoms with Crippen molar-refractivity contribution in [3.05, 3.63) is 60.2 Å². The molecule has 0 saturated carbocycles. The number of carbonyl (C=O) groups is 1. The summed E-state index contributed by atoms with van der Waals surface area (Å²) in [5.74, 6) is -0.179. The maximum atomic E-state index is 12.1. The Balaban J connectivity index is 2.11. The highest BCUT2D eigenvalue weighted by Gasteiger charge is 2.18. The molecule has 0 aliphatic carbocycles. The Kier molecular flexibility index (Phi) is 4.91. The molecule has 21 heavy (non-hydrogen) atoms. The molecule has 0 heterocycles. The van der Waals surface area contributed by atoms with Gasteiger partial charge >= 0.3 is 0 Å². The molecule has 2 rings (SSSR count). The van der Waals surface area contributed by atoms with Gasteiger partial charge in [-0.3, -0.25) is 4.79 Å². The zero-order chi connectivity index (χ0) is 15.1. The van der Waals surface area contributed by atoms with Gasteiger partial charge in [-0.2, -0.15) is 5.26 Å². The smallest absolute Gasteiger partial charge is 0.257 e. The number of nitrogens with zero attached hydrogens (tertiary/aromatic N) is 1. The number of nitrogens with one attached hydrogen (secondary N) is 1. The zero-order valence-electron chi connectivity index (χ0n) is 11.2. The lowest BCUT2D eigenvalue weighted by molar-refractivity contribution is -0.124. The molecule has 1 atom stereocenters. The predicted octanol–water partition coefficient (Wildman–Crippen LogP) is 2.26. The molecule has 2 aromatic carbocycles. The Labute approximate surface area is 122 Å². The van der Waals surface area contributed by atoms with Crippen molar-refractivity contribution in [1.29, 1.82) is 5.26 Å². The third-order valence-electron chi connectivity index (χ3n) is 2.80.